The van der Waals surface area contributed by atoms with Crippen LogP contribution in [0.5, 0.6) is 0 Å². The fourth-order valence-corrected chi connectivity index (χ4v) is 8.06. The van der Waals surface area contributed by atoms with E-state index in [1.54, 1.807) is 0 Å². The van der Waals surface area contributed by atoms with E-state index in [1.165, 1.54) is 32.7 Å². The zero-order valence-corrected chi connectivity index (χ0v) is 30.8. The van der Waals surface area contributed by atoms with Gasteiger partial charge in [0.1, 0.15) is 11.2 Å². The molecule has 0 bridgehead atoms. The van der Waals surface area contributed by atoms with Gasteiger partial charge in [0.15, 0.2) is 17.5 Å². The second-order valence-corrected chi connectivity index (χ2v) is 14.4. The van der Waals surface area contributed by atoms with Gasteiger partial charge < -0.3 is 4.42 Å². The van der Waals surface area contributed by atoms with Gasteiger partial charge in [-0.05, 0) is 91.3 Å². The maximum Gasteiger partial charge on any atom is 0.164 e. The SMILES string of the molecule is c1ccc(-c2cccc(-c3nc(-c4ccccc4)nc(-c4cccc5oc6ccc(-c7cccc(-c8ccc9ccc%10ccccc%10c9c8)c7)cc6c45)n3)c2)cc1. The first-order valence-electron chi connectivity index (χ1n) is 19.2. The second kappa shape index (κ2) is 13.6. The lowest BCUT2D eigenvalue weighted by atomic mass is 9.94. The number of fused-ring (bicyclic) bond motifs is 6. The zero-order valence-electron chi connectivity index (χ0n) is 30.8. The van der Waals surface area contributed by atoms with Gasteiger partial charge in [-0.2, -0.15) is 0 Å². The van der Waals surface area contributed by atoms with E-state index >= 15 is 0 Å². The molecule has 0 radical (unpaired) electrons. The summed E-state index contributed by atoms with van der Waals surface area (Å²) in [6.45, 7) is 0. The molecule has 0 N–H and O–H groups in total. The minimum Gasteiger partial charge on any atom is -0.456 e. The molecule has 11 aromatic rings. The standard InChI is InChI=1S/C53H33N3O/c1-3-12-34(13-4-1)38-17-10-20-43(31-38)52-54-51(37-15-5-2-6-16-37)55-53(56-52)45-22-11-23-49-50(45)47-33-42(28-29-48(47)57-49)40-19-9-18-39(30-40)41-27-26-36-25-24-35-14-7-8-21-44(35)46(36)32-41/h1-33H. The van der Waals surface area contributed by atoms with Crippen LogP contribution in [-0.4, -0.2) is 15.0 Å². The quantitative estimate of drug-likeness (QED) is 0.160. The Morgan fingerprint density at radius 2 is 0.789 bits per heavy atom. The summed E-state index contributed by atoms with van der Waals surface area (Å²) >= 11 is 0. The summed E-state index contributed by atoms with van der Waals surface area (Å²) in [4.78, 5) is 15.3. The minimum atomic E-state index is 0.591. The Morgan fingerprint density at radius 3 is 1.56 bits per heavy atom. The molecule has 0 fully saturated rings. The molecule has 4 nitrogen and oxygen atoms in total. The highest BCUT2D eigenvalue weighted by molar-refractivity contribution is 6.13. The molecule has 0 saturated carbocycles. The van der Waals surface area contributed by atoms with Gasteiger partial charge in [-0.25, -0.2) is 15.0 Å². The molecule has 0 aliphatic carbocycles. The monoisotopic (exact) mass is 727 g/mol. The van der Waals surface area contributed by atoms with E-state index in [9.17, 15) is 0 Å². The second-order valence-electron chi connectivity index (χ2n) is 14.4. The minimum absolute atomic E-state index is 0.591. The van der Waals surface area contributed by atoms with Crippen LogP contribution in [0.4, 0.5) is 0 Å². The first-order chi connectivity index (χ1) is 28.2. The number of aromatic nitrogens is 3. The van der Waals surface area contributed by atoms with E-state index in [1.807, 2.05) is 48.5 Å². The van der Waals surface area contributed by atoms with Crippen LogP contribution in [0, 0.1) is 0 Å². The van der Waals surface area contributed by atoms with E-state index in [4.69, 9.17) is 19.4 Å². The predicted octanol–water partition coefficient (Wildman–Crippen LogP) is 14.1. The van der Waals surface area contributed by atoms with Crippen molar-refractivity contribution in [3.05, 3.63) is 200 Å². The molecule has 266 valence electrons. The van der Waals surface area contributed by atoms with Gasteiger partial charge in [0, 0.05) is 27.5 Å². The van der Waals surface area contributed by atoms with Gasteiger partial charge in [-0.3, -0.25) is 0 Å². The van der Waals surface area contributed by atoms with Crippen molar-refractivity contribution >= 4 is 43.5 Å². The molecule has 0 spiro atoms. The highest BCUT2D eigenvalue weighted by Gasteiger charge is 2.19. The topological polar surface area (TPSA) is 51.8 Å². The van der Waals surface area contributed by atoms with Crippen LogP contribution >= 0.6 is 0 Å². The average molecular weight is 728 g/mol. The smallest absolute Gasteiger partial charge is 0.164 e. The van der Waals surface area contributed by atoms with Crippen molar-refractivity contribution in [1.29, 1.82) is 0 Å². The van der Waals surface area contributed by atoms with Crippen LogP contribution < -0.4 is 0 Å². The Balaban J connectivity index is 1.04. The molecule has 57 heavy (non-hydrogen) atoms. The van der Waals surface area contributed by atoms with Crippen LogP contribution in [0.15, 0.2) is 205 Å². The van der Waals surface area contributed by atoms with Crippen molar-refractivity contribution < 1.29 is 4.42 Å². The van der Waals surface area contributed by atoms with Crippen LogP contribution in [0.25, 0.3) is 111 Å². The third-order valence-electron chi connectivity index (χ3n) is 10.9. The Morgan fingerprint density at radius 1 is 0.281 bits per heavy atom. The maximum atomic E-state index is 6.50. The van der Waals surface area contributed by atoms with Gasteiger partial charge in [0.05, 0.1) is 0 Å². The molecule has 2 heterocycles. The number of hydrogen-bond acceptors (Lipinski definition) is 4. The Labute approximate surface area is 329 Å². The molecule has 0 unspecified atom stereocenters. The maximum absolute atomic E-state index is 6.50. The van der Waals surface area contributed by atoms with Gasteiger partial charge in [0.2, 0.25) is 0 Å². The molecule has 0 aliphatic rings. The number of furan rings is 1. The van der Waals surface area contributed by atoms with Crippen LogP contribution in [0.2, 0.25) is 0 Å². The van der Waals surface area contributed by atoms with E-state index in [0.717, 1.165) is 60.9 Å². The van der Waals surface area contributed by atoms with Crippen molar-refractivity contribution in [3.63, 3.8) is 0 Å². The molecule has 4 heteroatoms. The number of rotatable bonds is 6. The third kappa shape index (κ3) is 5.92. The van der Waals surface area contributed by atoms with Gasteiger partial charge in [-0.15, -0.1) is 0 Å². The van der Waals surface area contributed by atoms with Crippen LogP contribution in [0.1, 0.15) is 0 Å². The highest BCUT2D eigenvalue weighted by atomic mass is 16.3. The van der Waals surface area contributed by atoms with Crippen molar-refractivity contribution in [2.75, 3.05) is 0 Å². The third-order valence-corrected chi connectivity index (χ3v) is 10.9. The average Bonchev–Trinajstić information content (AvgIpc) is 3.68. The van der Waals surface area contributed by atoms with Gasteiger partial charge in [-0.1, -0.05) is 164 Å². The fourth-order valence-electron chi connectivity index (χ4n) is 8.06. The molecule has 0 aliphatic heterocycles. The van der Waals surface area contributed by atoms with E-state index < -0.39 is 0 Å². The summed E-state index contributed by atoms with van der Waals surface area (Å²) < 4.78 is 6.50. The first-order valence-corrected chi connectivity index (χ1v) is 19.2. The van der Waals surface area contributed by atoms with Crippen LogP contribution in [0.3, 0.4) is 0 Å². The Bertz CT molecular complexity index is 3300. The number of benzene rings is 9. The summed E-state index contributed by atoms with van der Waals surface area (Å²) in [7, 11) is 0. The molecule has 0 saturated heterocycles. The molecular weight excluding hydrogens is 695 g/mol. The fraction of sp³-hybridized carbons (Fsp3) is 0. The number of hydrogen-bond donors (Lipinski definition) is 0. The predicted molar refractivity (Wildman–Crippen MR) is 235 cm³/mol. The Kier molecular flexibility index (Phi) is 7.78. The van der Waals surface area contributed by atoms with Crippen molar-refractivity contribution in [2.24, 2.45) is 0 Å². The molecule has 0 atom stereocenters. The highest BCUT2D eigenvalue weighted by Crippen LogP contribution is 2.39. The Hall–Kier alpha value is -7.69. The number of nitrogens with zero attached hydrogens (tertiary/aromatic N) is 3. The van der Waals surface area contributed by atoms with E-state index in [0.29, 0.717) is 17.5 Å². The molecular formula is C53H33N3O. The zero-order chi connectivity index (χ0) is 37.7. The summed E-state index contributed by atoms with van der Waals surface area (Å²) in [5.74, 6) is 1.82. The van der Waals surface area contributed by atoms with E-state index in [-0.39, 0.29) is 0 Å². The summed E-state index contributed by atoms with van der Waals surface area (Å²) in [6, 6.07) is 70.0. The summed E-state index contributed by atoms with van der Waals surface area (Å²) in [5.41, 5.74) is 11.2. The lowest BCUT2D eigenvalue weighted by Gasteiger charge is -2.11. The largest absolute Gasteiger partial charge is 0.456 e. The molecule has 0 amide bonds. The normalized spacial score (nSPS) is 11.5. The molecule has 9 aromatic carbocycles. The molecule has 11 rings (SSSR count). The van der Waals surface area contributed by atoms with Gasteiger partial charge in [0.25, 0.3) is 0 Å². The van der Waals surface area contributed by atoms with Crippen molar-refractivity contribution in [3.8, 4) is 67.5 Å². The lowest BCUT2D eigenvalue weighted by molar-refractivity contribution is 0.669. The molecule has 2 aromatic heterocycles. The first kappa shape index (κ1) is 32.7. The van der Waals surface area contributed by atoms with Crippen molar-refractivity contribution in [2.45, 2.75) is 0 Å². The summed E-state index contributed by atoms with van der Waals surface area (Å²) in [6.07, 6.45) is 0. The van der Waals surface area contributed by atoms with Crippen molar-refractivity contribution in [1.82, 2.24) is 15.0 Å². The van der Waals surface area contributed by atoms with Gasteiger partial charge >= 0.3 is 0 Å². The van der Waals surface area contributed by atoms with Crippen LogP contribution in [-0.2, 0) is 0 Å². The summed E-state index contributed by atoms with van der Waals surface area (Å²) in [5, 5.41) is 7.00. The lowest BCUT2D eigenvalue weighted by Crippen LogP contribution is -2.00. The van der Waals surface area contributed by atoms with E-state index in [2.05, 4.69) is 152 Å².